The molecule has 7 heteroatoms. The van der Waals surface area contributed by atoms with Crippen LogP contribution in [-0.2, 0) is 6.42 Å². The maximum Gasteiger partial charge on any atom is 0.276 e. The van der Waals surface area contributed by atoms with Gasteiger partial charge in [0.05, 0.1) is 16.3 Å². The van der Waals surface area contributed by atoms with E-state index in [1.54, 1.807) is 17.0 Å². The fraction of sp³-hybridized carbons (Fsp3) is 0.158. The molecule has 0 saturated heterocycles. The molecule has 7 nitrogen and oxygen atoms in total. The van der Waals surface area contributed by atoms with Gasteiger partial charge in [0.15, 0.2) is 0 Å². The van der Waals surface area contributed by atoms with E-state index in [1.165, 1.54) is 12.1 Å². The van der Waals surface area contributed by atoms with Gasteiger partial charge >= 0.3 is 0 Å². The first kappa shape index (κ1) is 16.0. The van der Waals surface area contributed by atoms with Crippen LogP contribution < -0.4 is 4.90 Å². The maximum atomic E-state index is 12.9. The van der Waals surface area contributed by atoms with Gasteiger partial charge < -0.3 is 4.90 Å². The van der Waals surface area contributed by atoms with Crippen LogP contribution in [0.1, 0.15) is 21.6 Å². The van der Waals surface area contributed by atoms with Gasteiger partial charge in [0.2, 0.25) is 0 Å². The van der Waals surface area contributed by atoms with Crippen LogP contribution in [0.5, 0.6) is 0 Å². The normalized spacial score (nSPS) is 12.9. The third-order valence-electron chi connectivity index (χ3n) is 4.58. The summed E-state index contributed by atoms with van der Waals surface area (Å²) < 4.78 is 0. The molecule has 2 aromatic carbocycles. The van der Waals surface area contributed by atoms with Crippen molar-refractivity contribution >= 4 is 17.3 Å². The average Bonchev–Trinajstić information content (AvgIpc) is 3.28. The van der Waals surface area contributed by atoms with Crippen molar-refractivity contribution in [1.29, 1.82) is 0 Å². The highest BCUT2D eigenvalue weighted by Crippen LogP contribution is 2.32. The molecule has 0 saturated carbocycles. The number of rotatable bonds is 3. The van der Waals surface area contributed by atoms with Crippen LogP contribution in [0.2, 0.25) is 0 Å². The van der Waals surface area contributed by atoms with Gasteiger partial charge in [-0.3, -0.25) is 20.0 Å². The predicted molar refractivity (Wildman–Crippen MR) is 97.2 cm³/mol. The topological polar surface area (TPSA) is 92.1 Å². The Morgan fingerprint density at radius 1 is 1.19 bits per heavy atom. The van der Waals surface area contributed by atoms with Crippen molar-refractivity contribution in [2.75, 3.05) is 11.4 Å². The lowest BCUT2D eigenvalue weighted by Gasteiger charge is -2.15. The number of non-ortho nitro benzene ring substituents is 1. The van der Waals surface area contributed by atoms with Gasteiger partial charge in [0.1, 0.15) is 5.69 Å². The van der Waals surface area contributed by atoms with Crippen LogP contribution in [0, 0.1) is 17.0 Å². The zero-order valence-corrected chi connectivity index (χ0v) is 14.1. The molecule has 1 aliphatic heterocycles. The fourth-order valence-corrected chi connectivity index (χ4v) is 3.14. The Labute approximate surface area is 149 Å². The molecule has 0 bridgehead atoms. The number of H-pyrrole nitrogens is 1. The second kappa shape index (κ2) is 6.11. The summed E-state index contributed by atoms with van der Waals surface area (Å²) in [5.74, 6) is -0.241. The van der Waals surface area contributed by atoms with E-state index in [4.69, 9.17) is 0 Å². The Hall–Kier alpha value is -3.48. The van der Waals surface area contributed by atoms with Crippen molar-refractivity contribution in [3.05, 3.63) is 75.5 Å². The van der Waals surface area contributed by atoms with Gasteiger partial charge in [-0.05, 0) is 25.0 Å². The number of anilines is 1. The summed E-state index contributed by atoms with van der Waals surface area (Å²) in [7, 11) is 0. The van der Waals surface area contributed by atoms with Gasteiger partial charge in [-0.15, -0.1) is 0 Å². The highest BCUT2D eigenvalue weighted by atomic mass is 16.6. The van der Waals surface area contributed by atoms with Crippen LogP contribution in [-0.4, -0.2) is 27.6 Å². The minimum Gasteiger partial charge on any atom is -0.306 e. The Bertz CT molecular complexity index is 1010. The molecule has 0 spiro atoms. The monoisotopic (exact) mass is 348 g/mol. The van der Waals surface area contributed by atoms with Crippen molar-refractivity contribution in [2.24, 2.45) is 0 Å². The Morgan fingerprint density at radius 3 is 2.69 bits per heavy atom. The number of nitro benzene ring substituents is 1. The largest absolute Gasteiger partial charge is 0.306 e. The first-order chi connectivity index (χ1) is 12.5. The minimum absolute atomic E-state index is 0.0200. The maximum absolute atomic E-state index is 12.9. The molecule has 0 atom stereocenters. The molecule has 0 radical (unpaired) electrons. The highest BCUT2D eigenvalue weighted by molar-refractivity contribution is 6.06. The summed E-state index contributed by atoms with van der Waals surface area (Å²) in [4.78, 5) is 25.0. The summed E-state index contributed by atoms with van der Waals surface area (Å²) in [5, 5.41) is 18.0. The Balaban J connectivity index is 1.63. The molecule has 1 amide bonds. The van der Waals surface area contributed by atoms with E-state index >= 15 is 0 Å². The minimum atomic E-state index is -0.451. The number of fused-ring (bicyclic) bond motifs is 1. The van der Waals surface area contributed by atoms with E-state index in [0.29, 0.717) is 30.0 Å². The standard InChI is InChI=1S/C19H16N4O3/c1-12-2-4-13(5-3-12)16-11-17(21-20-16)19(24)22-9-8-14-6-7-15(23(25)26)10-18(14)22/h2-7,10-11H,8-9H2,1H3,(H,20,21). The molecular formula is C19H16N4O3. The third kappa shape index (κ3) is 2.73. The molecule has 1 aromatic heterocycles. The zero-order chi connectivity index (χ0) is 18.3. The first-order valence-electron chi connectivity index (χ1n) is 8.24. The van der Waals surface area contributed by atoms with Crippen LogP contribution >= 0.6 is 0 Å². The van der Waals surface area contributed by atoms with Crippen molar-refractivity contribution < 1.29 is 9.72 Å². The van der Waals surface area contributed by atoms with E-state index in [0.717, 1.165) is 16.7 Å². The molecule has 1 aliphatic rings. The van der Waals surface area contributed by atoms with Gasteiger partial charge in [-0.2, -0.15) is 5.10 Å². The molecule has 0 aliphatic carbocycles. The number of hydrogen-bond acceptors (Lipinski definition) is 4. The van der Waals surface area contributed by atoms with Crippen LogP contribution in [0.4, 0.5) is 11.4 Å². The number of hydrogen-bond donors (Lipinski definition) is 1. The first-order valence-corrected chi connectivity index (χ1v) is 8.24. The van der Waals surface area contributed by atoms with Crippen LogP contribution in [0.3, 0.4) is 0 Å². The fourth-order valence-electron chi connectivity index (χ4n) is 3.14. The van der Waals surface area contributed by atoms with E-state index in [9.17, 15) is 14.9 Å². The summed E-state index contributed by atoms with van der Waals surface area (Å²) in [5.41, 5.74) is 4.62. The number of aryl methyl sites for hydroxylation is 1. The smallest absolute Gasteiger partial charge is 0.276 e. The molecule has 130 valence electrons. The summed E-state index contributed by atoms with van der Waals surface area (Å²) in [6, 6.07) is 14.2. The Morgan fingerprint density at radius 2 is 1.96 bits per heavy atom. The number of nitrogens with zero attached hydrogens (tertiary/aromatic N) is 3. The summed E-state index contributed by atoms with van der Waals surface area (Å²) >= 11 is 0. The van der Waals surface area contributed by atoms with E-state index in [1.807, 2.05) is 31.2 Å². The number of benzene rings is 2. The molecular weight excluding hydrogens is 332 g/mol. The second-order valence-electron chi connectivity index (χ2n) is 6.31. The summed E-state index contributed by atoms with van der Waals surface area (Å²) in [6.07, 6.45) is 0.679. The number of nitro groups is 1. The van der Waals surface area contributed by atoms with E-state index < -0.39 is 4.92 Å². The van der Waals surface area contributed by atoms with Crippen molar-refractivity contribution in [3.8, 4) is 11.3 Å². The molecule has 4 rings (SSSR count). The van der Waals surface area contributed by atoms with Crippen molar-refractivity contribution in [2.45, 2.75) is 13.3 Å². The Kier molecular flexibility index (Phi) is 3.76. The van der Waals surface area contributed by atoms with Gasteiger partial charge in [0, 0.05) is 24.2 Å². The number of amides is 1. The highest BCUT2D eigenvalue weighted by Gasteiger charge is 2.28. The second-order valence-corrected chi connectivity index (χ2v) is 6.31. The molecule has 0 unspecified atom stereocenters. The van der Waals surface area contributed by atoms with Crippen LogP contribution in [0.15, 0.2) is 48.5 Å². The molecule has 1 N–H and O–H groups in total. The number of aromatic amines is 1. The van der Waals surface area contributed by atoms with Gasteiger partial charge in [-0.1, -0.05) is 35.9 Å². The zero-order valence-electron chi connectivity index (χ0n) is 14.1. The quantitative estimate of drug-likeness (QED) is 0.579. The number of carbonyl (C=O) groups excluding carboxylic acids is 1. The SMILES string of the molecule is Cc1ccc(-c2cc(C(=O)N3CCc4ccc([N+](=O)[O-])cc43)[nH]n2)cc1. The van der Waals surface area contributed by atoms with Gasteiger partial charge in [0.25, 0.3) is 11.6 Å². The average molecular weight is 348 g/mol. The summed E-state index contributed by atoms with van der Waals surface area (Å²) in [6.45, 7) is 2.50. The van der Waals surface area contributed by atoms with Crippen molar-refractivity contribution in [3.63, 3.8) is 0 Å². The van der Waals surface area contributed by atoms with Gasteiger partial charge in [-0.25, -0.2) is 0 Å². The van der Waals surface area contributed by atoms with Crippen molar-refractivity contribution in [1.82, 2.24) is 10.2 Å². The number of carbonyl (C=O) groups is 1. The lowest BCUT2D eigenvalue weighted by Crippen LogP contribution is -2.29. The van der Waals surface area contributed by atoms with E-state index in [-0.39, 0.29) is 11.6 Å². The van der Waals surface area contributed by atoms with E-state index in [2.05, 4.69) is 10.2 Å². The third-order valence-corrected chi connectivity index (χ3v) is 4.58. The lowest BCUT2D eigenvalue weighted by molar-refractivity contribution is -0.384. The number of nitrogens with one attached hydrogen (secondary N) is 1. The predicted octanol–water partition coefficient (Wildman–Crippen LogP) is 3.50. The number of aromatic nitrogens is 2. The molecule has 3 aromatic rings. The lowest BCUT2D eigenvalue weighted by atomic mass is 10.1. The molecule has 2 heterocycles. The molecule has 0 fully saturated rings. The van der Waals surface area contributed by atoms with Crippen LogP contribution in [0.25, 0.3) is 11.3 Å². The molecule has 26 heavy (non-hydrogen) atoms.